The van der Waals surface area contributed by atoms with Crippen LogP contribution in [-0.2, 0) is 61.7 Å². The predicted octanol–water partition coefficient (Wildman–Crippen LogP) is 0.0177. The molecule has 30 nitrogen and oxygen atoms in total. The summed E-state index contributed by atoms with van der Waals surface area (Å²) in [6.07, 6.45) is 4.45. The first-order valence-corrected chi connectivity index (χ1v) is 34.9. The van der Waals surface area contributed by atoms with E-state index in [1.807, 2.05) is 37.3 Å². The van der Waals surface area contributed by atoms with Gasteiger partial charge in [0, 0.05) is 56.9 Å². The molecule has 16 N–H and O–H groups in total. The van der Waals surface area contributed by atoms with E-state index in [4.69, 9.17) is 68.7 Å². The monoisotopic (exact) mass is 1450 g/mol. The number of hydrogen-bond acceptors (Lipinski definition) is 29. The third-order valence-electron chi connectivity index (χ3n) is 16.6. The molecule has 0 spiro atoms. The number of aromatic nitrogens is 2. The van der Waals surface area contributed by atoms with Crippen LogP contribution in [-0.4, -0.2) is 279 Å². The van der Waals surface area contributed by atoms with Crippen molar-refractivity contribution < 1.29 is 122 Å². The van der Waals surface area contributed by atoms with Gasteiger partial charge in [-0.1, -0.05) is 98.9 Å². The van der Waals surface area contributed by atoms with Crippen molar-refractivity contribution in [1.29, 1.82) is 0 Å². The third kappa shape index (κ3) is 32.9. The Kier molecular flexibility index (Phi) is 42.3. The fourth-order valence-electron chi connectivity index (χ4n) is 10.8. The van der Waals surface area contributed by atoms with Crippen molar-refractivity contribution in [1.82, 2.24) is 14.9 Å². The van der Waals surface area contributed by atoms with Crippen LogP contribution in [0.3, 0.4) is 0 Å². The summed E-state index contributed by atoms with van der Waals surface area (Å²) in [5.74, 6) is -6.55. The SMILES string of the molecule is COCCOCCOCCOCCOCCOCCNC(=O)[C@H]1[C@@H]2C[C@@H](OC3OC(C)C(O)C(N)C3O)/C=C/C=C/C=C/C=C/C=C/C=C/C=C/[C@H](C)[C@@H](O)[C@H](C)[C@H](C)OC(=O)C[C@H](O)C[C@H](O)[C@@H](O)CC[C@H](O)C[C@H](O)C[C@](O)(C[C@@H]1O)O2.Nc1nc(=O)n([C@H]2CS[C@@H](CO)O2)cc1F. The number of aliphatic hydroxyl groups excluding tert-OH is 10. The summed E-state index contributed by atoms with van der Waals surface area (Å²) < 4.78 is 75.8. The van der Waals surface area contributed by atoms with E-state index < -0.39 is 176 Å². The molecule has 3 saturated heterocycles. The zero-order valence-electron chi connectivity index (χ0n) is 57.7. The van der Waals surface area contributed by atoms with Gasteiger partial charge in [-0.3, -0.25) is 14.2 Å². The number of allylic oxidation sites excluding steroid dienone is 12. The molecule has 32 heteroatoms. The first-order valence-electron chi connectivity index (χ1n) is 33.8. The number of carbonyl (C=O) groups is 2. The molecule has 21 atom stereocenters. The molecule has 100 heavy (non-hydrogen) atoms. The fraction of sp³-hybridized carbons (Fsp3) is 0.706. The van der Waals surface area contributed by atoms with E-state index in [1.54, 1.807) is 82.6 Å². The summed E-state index contributed by atoms with van der Waals surface area (Å²) in [7, 11) is 1.60. The first kappa shape index (κ1) is 87.6. The second-order valence-corrected chi connectivity index (χ2v) is 26.0. The van der Waals surface area contributed by atoms with Crippen LogP contribution in [0.5, 0.6) is 0 Å². The van der Waals surface area contributed by atoms with Gasteiger partial charge in [-0.25, -0.2) is 9.18 Å². The zero-order chi connectivity index (χ0) is 73.6. The van der Waals surface area contributed by atoms with E-state index in [2.05, 4.69) is 10.3 Å². The Morgan fingerprint density at radius 1 is 0.680 bits per heavy atom. The minimum Gasteiger partial charge on any atom is -0.462 e. The molecule has 0 saturated carbocycles. The smallest absolute Gasteiger partial charge is 0.351 e. The number of nitrogens with zero attached hydrogens (tertiary/aromatic N) is 2. The maximum Gasteiger partial charge on any atom is 0.351 e. The topological polar surface area (TPSA) is 457 Å². The molecule has 2 bridgehead atoms. The summed E-state index contributed by atoms with van der Waals surface area (Å²) in [4.78, 5) is 41.6. The summed E-state index contributed by atoms with van der Waals surface area (Å²) in [6, 6.07) is -1.15. The van der Waals surface area contributed by atoms with Gasteiger partial charge in [0.25, 0.3) is 0 Å². The van der Waals surface area contributed by atoms with E-state index in [0.29, 0.717) is 58.6 Å². The number of nitrogens with two attached hydrogens (primary N) is 2. The van der Waals surface area contributed by atoms with Crippen LogP contribution in [0.4, 0.5) is 10.2 Å². The molecule has 0 radical (unpaired) electrons. The van der Waals surface area contributed by atoms with Gasteiger partial charge in [0.15, 0.2) is 23.7 Å². The van der Waals surface area contributed by atoms with Crippen molar-refractivity contribution in [3.8, 4) is 0 Å². The molecule has 1 aromatic rings. The van der Waals surface area contributed by atoms with Crippen molar-refractivity contribution in [3.63, 3.8) is 0 Å². The average Bonchev–Trinajstić information content (AvgIpc) is 0.851. The lowest BCUT2D eigenvalue weighted by Crippen LogP contribution is -2.62. The number of anilines is 1. The first-order chi connectivity index (χ1) is 47.8. The van der Waals surface area contributed by atoms with Gasteiger partial charge in [-0.2, -0.15) is 4.98 Å². The summed E-state index contributed by atoms with van der Waals surface area (Å²) in [6.45, 7) is 10.6. The highest BCUT2D eigenvalue weighted by atomic mass is 32.2. The Balaban J connectivity index is 0.00000115. The number of cyclic esters (lactones) is 1. The van der Waals surface area contributed by atoms with Crippen molar-refractivity contribution >= 4 is 29.5 Å². The molecule has 3 fully saturated rings. The van der Waals surface area contributed by atoms with Crippen molar-refractivity contribution in [2.45, 2.75) is 188 Å². The van der Waals surface area contributed by atoms with Crippen molar-refractivity contribution in [2.75, 3.05) is 104 Å². The maximum atomic E-state index is 14.1. The summed E-state index contributed by atoms with van der Waals surface area (Å²) in [5.41, 5.74) is 10.3. The molecule has 0 aliphatic carbocycles. The normalized spacial score (nSPS) is 35.8. The van der Waals surface area contributed by atoms with Crippen LogP contribution in [0.15, 0.2) is 96.1 Å². The lowest BCUT2D eigenvalue weighted by Gasteiger charge is -2.46. The molecule has 4 aliphatic heterocycles. The highest BCUT2D eigenvalue weighted by Crippen LogP contribution is 2.39. The second kappa shape index (κ2) is 48.3. The molecular formula is C68H110FN5O25S. The standard InChI is InChI=1S/C60H100N2O22.C8H10FN3O3S/c1-40-18-16-14-12-10-8-6-7-9-11-13-15-17-19-47(83-59-57(72)54(61)56(71)43(4)82-59)37-51-53(58(73)62-22-23-76-26-27-78-30-31-80-33-32-79-29-28-77-25-24-75-5)50(68)39-60(74,84-51)38-46(65)34-44(63)20-21-48(66)49(67)35-45(64)36-52(69)81-42(3)41(2)55(40)70;9-4-1-12(8(14)11-7(4)10)5-3-16-6(2-13)15-5/h6-19,40-51,53-57,59,63-68,70-72,74H,20-39,61H2,1-5H3,(H,62,73);1,5-6,13H,2-3H2,(H2,10,11,14)/b7-6+,10-8+,11-9+,14-12+,15-13+,18-16+,19-17+;/t40-,41+,42-,43?,44-,45+,46-,47-,48-,49-,50-,51-,53+,54?,55+,56?,57?,59?,60+;5-,6+/m01/s1. The van der Waals surface area contributed by atoms with Gasteiger partial charge < -0.3 is 125 Å². The predicted molar refractivity (Wildman–Crippen MR) is 365 cm³/mol. The second-order valence-electron chi connectivity index (χ2n) is 24.8. The highest BCUT2D eigenvalue weighted by Gasteiger charge is 2.51. The van der Waals surface area contributed by atoms with Gasteiger partial charge in [0.1, 0.15) is 23.9 Å². The Hall–Kier alpha value is -4.80. The van der Waals surface area contributed by atoms with E-state index >= 15 is 0 Å². The molecular weight excluding hydrogens is 1340 g/mol. The van der Waals surface area contributed by atoms with Gasteiger partial charge >= 0.3 is 11.7 Å². The van der Waals surface area contributed by atoms with Gasteiger partial charge in [0.2, 0.25) is 5.91 Å². The van der Waals surface area contributed by atoms with Gasteiger partial charge in [-0.05, 0) is 33.1 Å². The van der Waals surface area contributed by atoms with Crippen LogP contribution in [0.2, 0.25) is 0 Å². The fourth-order valence-corrected chi connectivity index (χ4v) is 11.8. The molecule has 570 valence electrons. The summed E-state index contributed by atoms with van der Waals surface area (Å²) >= 11 is 1.35. The number of amides is 1. The van der Waals surface area contributed by atoms with Crippen molar-refractivity contribution in [2.24, 2.45) is 23.5 Å². The summed E-state index contributed by atoms with van der Waals surface area (Å²) in [5, 5.41) is 122. The van der Waals surface area contributed by atoms with Crippen LogP contribution >= 0.6 is 11.8 Å². The number of carbonyl (C=O) groups excluding carboxylic acids is 2. The van der Waals surface area contributed by atoms with Gasteiger partial charge in [-0.15, -0.1) is 11.8 Å². The Morgan fingerprint density at radius 2 is 1.24 bits per heavy atom. The van der Waals surface area contributed by atoms with Crippen molar-refractivity contribution in [3.05, 3.63) is 108 Å². The molecule has 4 aliphatic rings. The number of thioether (sulfide) groups is 1. The molecule has 1 aromatic heterocycles. The average molecular weight is 1450 g/mol. The Morgan fingerprint density at radius 3 is 1.81 bits per heavy atom. The number of rotatable bonds is 23. The molecule has 5 heterocycles. The molecule has 5 unspecified atom stereocenters. The van der Waals surface area contributed by atoms with Crippen LogP contribution in [0, 0.1) is 23.6 Å². The number of ether oxygens (including phenoxy) is 11. The lowest BCUT2D eigenvalue weighted by atomic mass is 9.82. The lowest BCUT2D eigenvalue weighted by molar-refractivity contribution is -0.307. The van der Waals surface area contributed by atoms with E-state index in [0.717, 1.165) is 10.8 Å². The van der Waals surface area contributed by atoms with Crippen LogP contribution < -0.4 is 22.5 Å². The number of aliphatic hydroxyl groups is 11. The van der Waals surface area contributed by atoms with Gasteiger partial charge in [0.05, 0.1) is 171 Å². The number of fused-ring (bicyclic) bond motifs is 2. The molecule has 5 rings (SSSR count). The maximum absolute atomic E-state index is 14.1. The Bertz CT molecular complexity index is 2750. The van der Waals surface area contributed by atoms with E-state index in [1.165, 1.54) is 11.8 Å². The van der Waals surface area contributed by atoms with E-state index in [9.17, 15) is 69.8 Å². The number of nitrogen functional groups attached to an aromatic ring is 1. The number of hydrogen-bond donors (Lipinski definition) is 14. The largest absolute Gasteiger partial charge is 0.462 e. The highest BCUT2D eigenvalue weighted by molar-refractivity contribution is 8.00. The third-order valence-corrected chi connectivity index (χ3v) is 17.7. The number of halogens is 1. The van der Waals surface area contributed by atoms with Crippen LogP contribution in [0.25, 0.3) is 0 Å². The van der Waals surface area contributed by atoms with Crippen LogP contribution in [0.1, 0.15) is 85.3 Å². The number of esters is 1. The Labute approximate surface area is 588 Å². The minimum absolute atomic E-state index is 0.0141. The minimum atomic E-state index is -2.28. The molecule has 1 amide bonds. The number of nitrogens with one attached hydrogen (secondary N) is 1. The zero-order valence-corrected chi connectivity index (χ0v) is 58.6. The molecule has 0 aromatic carbocycles. The van der Waals surface area contributed by atoms with E-state index in [-0.39, 0.29) is 64.6 Å². The number of methoxy groups -OCH3 is 1. The quantitative estimate of drug-likeness (QED) is 0.0507.